The van der Waals surface area contributed by atoms with Crippen LogP contribution in [0.1, 0.15) is 35.9 Å². The first-order valence-corrected chi connectivity index (χ1v) is 8.49. The Morgan fingerprint density at radius 1 is 1.24 bits per heavy atom. The summed E-state index contributed by atoms with van der Waals surface area (Å²) in [5, 5.41) is 6.15. The third kappa shape index (κ3) is 5.67. The zero-order valence-corrected chi connectivity index (χ0v) is 15.1. The third-order valence-electron chi connectivity index (χ3n) is 3.83. The first-order chi connectivity index (χ1) is 12.1. The van der Waals surface area contributed by atoms with Gasteiger partial charge in [0.2, 0.25) is 0 Å². The topological polar surface area (TPSA) is 69.9 Å². The van der Waals surface area contributed by atoms with Crippen LogP contribution >= 0.6 is 0 Å². The average Bonchev–Trinajstić information content (AvgIpc) is 3.16. The van der Waals surface area contributed by atoms with Crippen molar-refractivity contribution in [1.29, 1.82) is 0 Å². The van der Waals surface area contributed by atoms with Crippen molar-refractivity contribution >= 4 is 17.6 Å². The number of hydrogen-bond donors (Lipinski definition) is 2. The third-order valence-corrected chi connectivity index (χ3v) is 3.83. The first-order valence-electron chi connectivity index (χ1n) is 8.49. The predicted molar refractivity (Wildman–Crippen MR) is 101 cm³/mol. The van der Waals surface area contributed by atoms with Crippen molar-refractivity contribution in [2.45, 2.75) is 26.3 Å². The minimum absolute atomic E-state index is 0.256. The van der Waals surface area contributed by atoms with E-state index in [1.54, 1.807) is 19.2 Å². The van der Waals surface area contributed by atoms with Gasteiger partial charge in [-0.3, -0.25) is 9.79 Å². The van der Waals surface area contributed by atoms with Gasteiger partial charge < -0.3 is 20.0 Å². The molecule has 0 saturated carbocycles. The molecule has 0 aliphatic rings. The van der Waals surface area contributed by atoms with Crippen molar-refractivity contribution in [3.8, 4) is 0 Å². The molecule has 2 rings (SSSR count). The number of rotatable bonds is 7. The number of carbonyl (C=O) groups is 1. The number of hydrogen-bond acceptors (Lipinski definition) is 3. The van der Waals surface area contributed by atoms with Crippen molar-refractivity contribution in [1.82, 2.24) is 10.2 Å². The van der Waals surface area contributed by atoms with Gasteiger partial charge in [-0.2, -0.15) is 0 Å². The highest BCUT2D eigenvalue weighted by molar-refractivity contribution is 6.02. The van der Waals surface area contributed by atoms with E-state index in [-0.39, 0.29) is 5.91 Å². The fraction of sp³-hybridized carbons (Fsp3) is 0.368. The van der Waals surface area contributed by atoms with Crippen LogP contribution in [0.3, 0.4) is 0 Å². The van der Waals surface area contributed by atoms with Crippen molar-refractivity contribution in [3.63, 3.8) is 0 Å². The maximum Gasteiger partial charge on any atom is 0.291 e. The molecule has 0 fully saturated rings. The minimum atomic E-state index is -0.256. The summed E-state index contributed by atoms with van der Waals surface area (Å²) >= 11 is 0. The molecule has 1 amide bonds. The minimum Gasteiger partial charge on any atom is -0.459 e. The van der Waals surface area contributed by atoms with Crippen LogP contribution in [-0.4, -0.2) is 37.4 Å². The highest BCUT2D eigenvalue weighted by Crippen LogP contribution is 2.12. The Balaban J connectivity index is 1.86. The molecule has 6 nitrogen and oxygen atoms in total. The number of unbranched alkanes of at least 4 members (excludes halogenated alkanes) is 1. The number of nitrogens with zero attached hydrogens (tertiary/aromatic N) is 2. The van der Waals surface area contributed by atoms with Gasteiger partial charge in [0.15, 0.2) is 11.7 Å². The number of anilines is 1. The Bertz CT molecular complexity index is 678. The Labute approximate surface area is 148 Å². The zero-order valence-electron chi connectivity index (χ0n) is 15.1. The summed E-state index contributed by atoms with van der Waals surface area (Å²) in [5.41, 5.74) is 1.84. The number of furan rings is 1. The van der Waals surface area contributed by atoms with E-state index in [0.29, 0.717) is 12.3 Å². The first kappa shape index (κ1) is 18.6. The molecule has 0 radical (unpaired) electrons. The second-order valence-electron chi connectivity index (χ2n) is 5.80. The summed E-state index contributed by atoms with van der Waals surface area (Å²) < 4.78 is 5.08. The summed E-state index contributed by atoms with van der Waals surface area (Å²) in [6, 6.07) is 11.0. The van der Waals surface area contributed by atoms with Gasteiger partial charge in [-0.25, -0.2) is 0 Å². The lowest BCUT2D eigenvalue weighted by molar-refractivity contribution is 0.0996. The molecule has 134 valence electrons. The van der Waals surface area contributed by atoms with Crippen LogP contribution in [0.4, 0.5) is 5.69 Å². The summed E-state index contributed by atoms with van der Waals surface area (Å²) in [6.07, 6.45) is 3.78. The van der Waals surface area contributed by atoms with Crippen molar-refractivity contribution < 1.29 is 9.21 Å². The van der Waals surface area contributed by atoms with Gasteiger partial charge in [0.25, 0.3) is 5.91 Å². The van der Waals surface area contributed by atoms with Crippen molar-refractivity contribution in [2.24, 2.45) is 4.99 Å². The van der Waals surface area contributed by atoms with Gasteiger partial charge in [-0.15, -0.1) is 0 Å². The van der Waals surface area contributed by atoms with Gasteiger partial charge in [0.05, 0.1) is 6.26 Å². The number of amides is 1. The van der Waals surface area contributed by atoms with Gasteiger partial charge in [0.1, 0.15) is 0 Å². The van der Waals surface area contributed by atoms with Crippen LogP contribution in [0.25, 0.3) is 0 Å². The predicted octanol–water partition coefficient (Wildman–Crippen LogP) is 3.34. The van der Waals surface area contributed by atoms with E-state index in [1.807, 2.05) is 31.3 Å². The summed E-state index contributed by atoms with van der Waals surface area (Å²) in [4.78, 5) is 18.4. The summed E-state index contributed by atoms with van der Waals surface area (Å²) in [5.74, 6) is 0.919. The maximum absolute atomic E-state index is 11.9. The molecule has 1 heterocycles. The van der Waals surface area contributed by atoms with E-state index in [0.717, 1.165) is 36.6 Å². The van der Waals surface area contributed by atoms with E-state index < -0.39 is 0 Å². The summed E-state index contributed by atoms with van der Waals surface area (Å²) in [7, 11) is 3.83. The molecule has 0 saturated heterocycles. The number of aliphatic imine (C=N–C) groups is 1. The number of guanidine groups is 1. The molecule has 0 atom stereocenters. The Morgan fingerprint density at radius 2 is 2.00 bits per heavy atom. The number of carbonyl (C=O) groups excluding carboxylic acids is 1. The normalized spacial score (nSPS) is 11.2. The van der Waals surface area contributed by atoms with E-state index >= 15 is 0 Å². The molecule has 6 heteroatoms. The smallest absolute Gasteiger partial charge is 0.291 e. The molecule has 1 aromatic heterocycles. The van der Waals surface area contributed by atoms with Crippen LogP contribution in [0.15, 0.2) is 52.1 Å². The van der Waals surface area contributed by atoms with Crippen LogP contribution in [0, 0.1) is 0 Å². The average molecular weight is 342 g/mol. The second kappa shape index (κ2) is 9.52. The molecule has 25 heavy (non-hydrogen) atoms. The van der Waals surface area contributed by atoms with E-state index in [9.17, 15) is 4.79 Å². The lowest BCUT2D eigenvalue weighted by Crippen LogP contribution is -2.38. The maximum atomic E-state index is 11.9. The highest BCUT2D eigenvalue weighted by Gasteiger charge is 2.09. The molecule has 0 unspecified atom stereocenters. The van der Waals surface area contributed by atoms with Crippen LogP contribution in [0.5, 0.6) is 0 Å². The molecule has 2 aromatic rings. The Kier molecular flexibility index (Phi) is 7.07. The monoisotopic (exact) mass is 342 g/mol. The quantitative estimate of drug-likeness (QED) is 0.598. The SMILES string of the molecule is CCCCN(C)C(=NC)NCc1ccc(NC(=O)c2ccco2)cc1. The van der Waals surface area contributed by atoms with Crippen LogP contribution in [0.2, 0.25) is 0 Å². The fourth-order valence-electron chi connectivity index (χ4n) is 2.37. The molecule has 0 aliphatic carbocycles. The van der Waals surface area contributed by atoms with E-state index in [1.165, 1.54) is 6.26 Å². The molecule has 2 N–H and O–H groups in total. The van der Waals surface area contributed by atoms with Gasteiger partial charge in [-0.05, 0) is 36.2 Å². The van der Waals surface area contributed by atoms with Gasteiger partial charge in [0, 0.05) is 32.9 Å². The van der Waals surface area contributed by atoms with E-state index in [4.69, 9.17) is 4.42 Å². The lowest BCUT2D eigenvalue weighted by atomic mass is 10.2. The molecule has 0 aliphatic heterocycles. The lowest BCUT2D eigenvalue weighted by Gasteiger charge is -2.21. The van der Waals surface area contributed by atoms with Crippen LogP contribution in [-0.2, 0) is 6.54 Å². The number of benzene rings is 1. The number of nitrogens with one attached hydrogen (secondary N) is 2. The largest absolute Gasteiger partial charge is 0.459 e. The Hall–Kier alpha value is -2.76. The van der Waals surface area contributed by atoms with Crippen LogP contribution < -0.4 is 10.6 Å². The molecular weight excluding hydrogens is 316 g/mol. The standard InChI is InChI=1S/C19H26N4O2/c1-4-5-12-23(3)19(20-2)21-14-15-8-10-16(11-9-15)22-18(24)17-7-6-13-25-17/h6-11,13H,4-5,12,14H2,1-3H3,(H,20,21)(H,22,24). The van der Waals surface area contributed by atoms with Crippen molar-refractivity contribution in [2.75, 3.05) is 26.0 Å². The molecule has 0 bridgehead atoms. The zero-order chi connectivity index (χ0) is 18.1. The second-order valence-corrected chi connectivity index (χ2v) is 5.80. The fourth-order valence-corrected chi connectivity index (χ4v) is 2.37. The van der Waals surface area contributed by atoms with Gasteiger partial charge >= 0.3 is 0 Å². The van der Waals surface area contributed by atoms with Gasteiger partial charge in [-0.1, -0.05) is 25.5 Å². The highest BCUT2D eigenvalue weighted by atomic mass is 16.3. The summed E-state index contributed by atoms with van der Waals surface area (Å²) in [6.45, 7) is 3.83. The van der Waals surface area contributed by atoms with Crippen molar-refractivity contribution in [3.05, 3.63) is 54.0 Å². The molecular formula is C19H26N4O2. The molecule has 1 aromatic carbocycles. The van der Waals surface area contributed by atoms with E-state index in [2.05, 4.69) is 27.4 Å². The Morgan fingerprint density at radius 3 is 2.60 bits per heavy atom. The molecule has 0 spiro atoms.